The first kappa shape index (κ1) is 12.5. The summed E-state index contributed by atoms with van der Waals surface area (Å²) >= 11 is 7.49. The summed E-state index contributed by atoms with van der Waals surface area (Å²) in [4.78, 5) is 9.75. The van der Waals surface area contributed by atoms with Gasteiger partial charge in [-0.1, -0.05) is 23.7 Å². The molecule has 3 aromatic rings. The van der Waals surface area contributed by atoms with Crippen molar-refractivity contribution in [2.24, 2.45) is 5.84 Å². The number of hydrogen-bond acceptors (Lipinski definition) is 5. The number of halogens is 1. The molecule has 0 fully saturated rings. The number of nitrogens with two attached hydrogens (primary N) is 1. The number of para-hydroxylation sites is 1. The number of thiophene rings is 1. The summed E-state index contributed by atoms with van der Waals surface area (Å²) in [6.07, 6.45) is 3.36. The zero-order chi connectivity index (χ0) is 13.2. The van der Waals surface area contributed by atoms with E-state index < -0.39 is 0 Å². The molecule has 6 heteroatoms. The maximum absolute atomic E-state index is 5.99. The molecule has 2 aromatic heterocycles. The molecule has 0 aliphatic heterocycles. The highest BCUT2D eigenvalue weighted by Gasteiger charge is 2.17. The quantitative estimate of drug-likeness (QED) is 0.575. The zero-order valence-corrected chi connectivity index (χ0v) is 11.4. The molecule has 0 saturated heterocycles. The third kappa shape index (κ3) is 2.33. The van der Waals surface area contributed by atoms with Crippen LogP contribution >= 0.6 is 22.9 Å². The molecule has 3 rings (SSSR count). The maximum atomic E-state index is 5.99. The molecular weight excluding hydrogens is 280 g/mol. The average molecular weight is 291 g/mol. The predicted molar refractivity (Wildman–Crippen MR) is 78.0 cm³/mol. The van der Waals surface area contributed by atoms with E-state index in [2.05, 4.69) is 15.4 Å². The van der Waals surface area contributed by atoms with Gasteiger partial charge in [-0.25, -0.2) is 5.43 Å². The van der Waals surface area contributed by atoms with Gasteiger partial charge in [-0.15, -0.1) is 11.3 Å². The van der Waals surface area contributed by atoms with Crippen LogP contribution in [0.25, 0.3) is 11.0 Å². The summed E-state index contributed by atoms with van der Waals surface area (Å²) in [5.41, 5.74) is 5.51. The molecule has 1 aromatic carbocycles. The number of hydrazine groups is 1. The second-order valence-electron chi connectivity index (χ2n) is 4.01. The Labute approximate surface area is 119 Å². The fourth-order valence-corrected chi connectivity index (χ4v) is 3.20. The van der Waals surface area contributed by atoms with Crippen LogP contribution in [0.4, 0.5) is 0 Å². The van der Waals surface area contributed by atoms with Crippen LogP contribution in [0, 0.1) is 0 Å². The van der Waals surface area contributed by atoms with Crippen LogP contribution in [0.15, 0.2) is 42.7 Å². The van der Waals surface area contributed by atoms with E-state index in [-0.39, 0.29) is 6.04 Å². The van der Waals surface area contributed by atoms with Gasteiger partial charge in [-0.05, 0) is 18.2 Å². The summed E-state index contributed by atoms with van der Waals surface area (Å²) < 4.78 is 0.738. The van der Waals surface area contributed by atoms with Gasteiger partial charge in [0.05, 0.1) is 21.4 Å². The van der Waals surface area contributed by atoms with Crippen molar-refractivity contribution in [1.29, 1.82) is 0 Å². The number of nitrogens with one attached hydrogen (secondary N) is 1. The summed E-state index contributed by atoms with van der Waals surface area (Å²) in [5.74, 6) is 5.70. The Bertz CT molecular complexity index is 707. The van der Waals surface area contributed by atoms with Crippen LogP contribution in [-0.2, 0) is 0 Å². The summed E-state index contributed by atoms with van der Waals surface area (Å²) in [5, 5.41) is 0. The molecular formula is C13H11ClN4S. The molecule has 0 amide bonds. The van der Waals surface area contributed by atoms with Gasteiger partial charge < -0.3 is 0 Å². The Hall–Kier alpha value is -1.53. The average Bonchev–Trinajstić information content (AvgIpc) is 2.86. The van der Waals surface area contributed by atoms with Gasteiger partial charge in [0, 0.05) is 22.8 Å². The summed E-state index contributed by atoms with van der Waals surface area (Å²) in [7, 11) is 0. The lowest BCUT2D eigenvalue weighted by molar-refractivity contribution is 0.649. The van der Waals surface area contributed by atoms with E-state index in [1.54, 1.807) is 12.4 Å². The van der Waals surface area contributed by atoms with Gasteiger partial charge in [0.15, 0.2) is 0 Å². The number of hydrogen-bond donors (Lipinski definition) is 2. The van der Waals surface area contributed by atoms with Crippen LogP contribution in [0.3, 0.4) is 0 Å². The lowest BCUT2D eigenvalue weighted by Crippen LogP contribution is -2.28. The highest BCUT2D eigenvalue weighted by molar-refractivity contribution is 7.16. The third-order valence-corrected chi connectivity index (χ3v) is 4.18. The minimum absolute atomic E-state index is 0.141. The van der Waals surface area contributed by atoms with E-state index in [9.17, 15) is 0 Å². The molecule has 0 spiro atoms. The summed E-state index contributed by atoms with van der Waals surface area (Å²) in [6.45, 7) is 0. The molecule has 4 nitrogen and oxygen atoms in total. The molecule has 1 atom stereocenters. The monoisotopic (exact) mass is 290 g/mol. The smallest absolute Gasteiger partial charge is 0.0938 e. The van der Waals surface area contributed by atoms with Gasteiger partial charge in [0.25, 0.3) is 0 Å². The van der Waals surface area contributed by atoms with Crippen molar-refractivity contribution in [3.8, 4) is 0 Å². The lowest BCUT2D eigenvalue weighted by atomic mass is 10.0. The molecule has 96 valence electrons. The Morgan fingerprint density at radius 1 is 1.16 bits per heavy atom. The minimum atomic E-state index is -0.141. The van der Waals surface area contributed by atoms with E-state index in [1.807, 2.05) is 30.3 Å². The number of nitrogens with zero attached hydrogens (tertiary/aromatic N) is 2. The van der Waals surface area contributed by atoms with Crippen LogP contribution in [-0.4, -0.2) is 9.97 Å². The van der Waals surface area contributed by atoms with Gasteiger partial charge in [-0.2, -0.15) is 0 Å². The predicted octanol–water partition coefficient (Wildman–Crippen LogP) is 2.90. The van der Waals surface area contributed by atoms with Gasteiger partial charge in [-0.3, -0.25) is 15.8 Å². The Morgan fingerprint density at radius 2 is 2.00 bits per heavy atom. The largest absolute Gasteiger partial charge is 0.271 e. The van der Waals surface area contributed by atoms with Crippen molar-refractivity contribution in [2.45, 2.75) is 6.04 Å². The highest BCUT2D eigenvalue weighted by Crippen LogP contribution is 2.32. The fourth-order valence-electron chi connectivity index (χ4n) is 2.06. The summed E-state index contributed by atoms with van der Waals surface area (Å²) in [6, 6.07) is 9.56. The first-order valence-corrected chi connectivity index (χ1v) is 6.90. The maximum Gasteiger partial charge on any atom is 0.0938 e. The van der Waals surface area contributed by atoms with Crippen molar-refractivity contribution in [1.82, 2.24) is 15.4 Å². The normalized spacial score (nSPS) is 12.7. The van der Waals surface area contributed by atoms with E-state index in [4.69, 9.17) is 17.4 Å². The zero-order valence-electron chi connectivity index (χ0n) is 9.88. The minimum Gasteiger partial charge on any atom is -0.271 e. The van der Waals surface area contributed by atoms with Gasteiger partial charge in [0.2, 0.25) is 0 Å². The first-order chi connectivity index (χ1) is 9.29. The van der Waals surface area contributed by atoms with E-state index in [1.165, 1.54) is 11.3 Å². The molecule has 0 aliphatic rings. The molecule has 0 radical (unpaired) electrons. The highest BCUT2D eigenvalue weighted by atomic mass is 35.5. The Kier molecular flexibility index (Phi) is 3.44. The van der Waals surface area contributed by atoms with E-state index >= 15 is 0 Å². The molecule has 1 unspecified atom stereocenters. The van der Waals surface area contributed by atoms with Crippen molar-refractivity contribution < 1.29 is 0 Å². The van der Waals surface area contributed by atoms with Crippen LogP contribution in [0.1, 0.15) is 16.5 Å². The second kappa shape index (κ2) is 5.22. The molecule has 19 heavy (non-hydrogen) atoms. The van der Waals surface area contributed by atoms with Crippen LogP contribution < -0.4 is 11.3 Å². The third-order valence-electron chi connectivity index (χ3n) is 2.89. The van der Waals surface area contributed by atoms with E-state index in [0.29, 0.717) is 0 Å². The number of rotatable bonds is 3. The molecule has 2 heterocycles. The second-order valence-corrected chi connectivity index (χ2v) is 5.76. The lowest BCUT2D eigenvalue weighted by Gasteiger charge is -2.16. The molecule has 0 aliphatic carbocycles. The SMILES string of the molecule is NNC(c1ccc(Cl)s1)c1cccc2nccnc12. The van der Waals surface area contributed by atoms with E-state index in [0.717, 1.165) is 25.8 Å². The van der Waals surface area contributed by atoms with Crippen molar-refractivity contribution in [3.63, 3.8) is 0 Å². The molecule has 0 bridgehead atoms. The number of aromatic nitrogens is 2. The van der Waals surface area contributed by atoms with Crippen LogP contribution in [0.2, 0.25) is 4.34 Å². The molecule has 3 N–H and O–H groups in total. The van der Waals surface area contributed by atoms with Crippen molar-refractivity contribution >= 4 is 34.0 Å². The molecule has 0 saturated carbocycles. The number of fused-ring (bicyclic) bond motifs is 1. The van der Waals surface area contributed by atoms with Crippen molar-refractivity contribution in [2.75, 3.05) is 0 Å². The van der Waals surface area contributed by atoms with Gasteiger partial charge in [0.1, 0.15) is 0 Å². The Balaban J connectivity index is 2.16. The fraction of sp³-hybridized carbons (Fsp3) is 0.0769. The first-order valence-electron chi connectivity index (χ1n) is 5.70. The topological polar surface area (TPSA) is 63.8 Å². The Morgan fingerprint density at radius 3 is 2.74 bits per heavy atom. The van der Waals surface area contributed by atoms with Gasteiger partial charge >= 0.3 is 0 Å². The van der Waals surface area contributed by atoms with Crippen molar-refractivity contribution in [3.05, 3.63) is 57.5 Å². The standard InChI is InChI=1S/C13H11ClN4S/c14-11-5-4-10(19-11)13(18-15)8-2-1-3-9-12(8)17-7-6-16-9/h1-7,13,18H,15H2. The van der Waals surface area contributed by atoms with Crippen LogP contribution in [0.5, 0.6) is 0 Å². The number of benzene rings is 1.